The summed E-state index contributed by atoms with van der Waals surface area (Å²) in [5.41, 5.74) is 5.85. The second-order valence-corrected chi connectivity index (χ2v) is 7.44. The molecule has 5 heteroatoms. The first kappa shape index (κ1) is 17.0. The van der Waals surface area contributed by atoms with Crippen molar-refractivity contribution in [3.05, 3.63) is 70.3 Å². The van der Waals surface area contributed by atoms with Gasteiger partial charge < -0.3 is 5.32 Å². The van der Waals surface area contributed by atoms with Gasteiger partial charge in [0.1, 0.15) is 17.0 Å². The molecule has 3 nitrogen and oxygen atoms in total. The lowest BCUT2D eigenvalue weighted by atomic mass is 10.0. The van der Waals surface area contributed by atoms with E-state index in [0.29, 0.717) is 0 Å². The van der Waals surface area contributed by atoms with Crippen molar-refractivity contribution in [3.8, 4) is 11.1 Å². The molecule has 0 saturated heterocycles. The van der Waals surface area contributed by atoms with Gasteiger partial charge in [-0.1, -0.05) is 48.9 Å². The van der Waals surface area contributed by atoms with Gasteiger partial charge >= 0.3 is 0 Å². The summed E-state index contributed by atoms with van der Waals surface area (Å²) in [5.74, 6) is 0.838. The predicted octanol–water partition coefficient (Wildman–Crippen LogP) is 6.63. The number of hydrogen-bond acceptors (Lipinski definition) is 4. The minimum absolute atomic E-state index is 0.732. The third kappa shape index (κ3) is 3.06. The standard InChI is InChI=1S/C21H18ClN3S/c1-3-14-6-4-5-13(2)19(14)25-20-18-17(11-26-21(18)24-12-23-20)15-7-9-16(22)10-8-15/h4-12H,3H2,1-2H3,(H,23,24,25). The number of nitrogens with zero attached hydrogens (tertiary/aromatic N) is 2. The Kier molecular flexibility index (Phi) is 4.62. The summed E-state index contributed by atoms with van der Waals surface area (Å²) in [6.07, 6.45) is 2.59. The number of aryl methyl sites for hydroxylation is 2. The van der Waals surface area contributed by atoms with E-state index in [1.807, 2.05) is 24.3 Å². The third-order valence-corrected chi connectivity index (χ3v) is 5.65. The molecule has 0 aliphatic heterocycles. The van der Waals surface area contributed by atoms with E-state index in [4.69, 9.17) is 11.6 Å². The second kappa shape index (κ2) is 7.06. The van der Waals surface area contributed by atoms with Gasteiger partial charge in [0.05, 0.1) is 5.39 Å². The van der Waals surface area contributed by atoms with Crippen molar-refractivity contribution in [2.45, 2.75) is 20.3 Å². The Balaban J connectivity index is 1.86. The van der Waals surface area contributed by atoms with Gasteiger partial charge in [0.25, 0.3) is 0 Å². The fourth-order valence-electron chi connectivity index (χ4n) is 3.13. The van der Waals surface area contributed by atoms with Crippen LogP contribution in [-0.4, -0.2) is 9.97 Å². The van der Waals surface area contributed by atoms with E-state index in [1.54, 1.807) is 17.7 Å². The number of hydrogen-bond donors (Lipinski definition) is 1. The number of rotatable bonds is 4. The molecule has 0 unspecified atom stereocenters. The fraction of sp³-hybridized carbons (Fsp3) is 0.143. The van der Waals surface area contributed by atoms with Gasteiger partial charge in [0.2, 0.25) is 0 Å². The first-order valence-corrected chi connectivity index (χ1v) is 9.76. The van der Waals surface area contributed by atoms with Crippen LogP contribution in [0.5, 0.6) is 0 Å². The quantitative estimate of drug-likeness (QED) is 0.432. The minimum Gasteiger partial charge on any atom is -0.339 e. The van der Waals surface area contributed by atoms with Gasteiger partial charge in [0, 0.05) is 21.7 Å². The summed E-state index contributed by atoms with van der Waals surface area (Å²) in [6.45, 7) is 4.28. The van der Waals surface area contributed by atoms with Gasteiger partial charge in [-0.3, -0.25) is 0 Å². The number of para-hydroxylation sites is 1. The Morgan fingerprint density at radius 3 is 2.65 bits per heavy atom. The second-order valence-electron chi connectivity index (χ2n) is 6.15. The first-order chi connectivity index (χ1) is 12.7. The fourth-order valence-corrected chi connectivity index (χ4v) is 4.17. The zero-order valence-corrected chi connectivity index (χ0v) is 16.2. The Labute approximate surface area is 161 Å². The van der Waals surface area contributed by atoms with Crippen LogP contribution in [0.15, 0.2) is 54.2 Å². The van der Waals surface area contributed by atoms with Gasteiger partial charge in [-0.25, -0.2) is 9.97 Å². The van der Waals surface area contributed by atoms with Crippen molar-refractivity contribution < 1.29 is 0 Å². The third-order valence-electron chi connectivity index (χ3n) is 4.51. The van der Waals surface area contributed by atoms with Crippen LogP contribution in [0.25, 0.3) is 21.3 Å². The molecule has 0 fully saturated rings. The number of anilines is 2. The first-order valence-electron chi connectivity index (χ1n) is 8.51. The van der Waals surface area contributed by atoms with E-state index in [-0.39, 0.29) is 0 Å². The summed E-state index contributed by atoms with van der Waals surface area (Å²) in [7, 11) is 0. The van der Waals surface area contributed by atoms with Crippen molar-refractivity contribution in [2.75, 3.05) is 5.32 Å². The molecule has 4 aromatic rings. The molecule has 0 aliphatic carbocycles. The summed E-state index contributed by atoms with van der Waals surface area (Å²) in [4.78, 5) is 9.98. The number of aromatic nitrogens is 2. The number of fused-ring (bicyclic) bond motifs is 1. The SMILES string of the molecule is CCc1cccc(C)c1Nc1ncnc2scc(-c3ccc(Cl)cc3)c12. The van der Waals surface area contributed by atoms with E-state index in [1.165, 1.54) is 11.1 Å². The highest BCUT2D eigenvalue weighted by molar-refractivity contribution is 7.17. The van der Waals surface area contributed by atoms with Crippen molar-refractivity contribution in [2.24, 2.45) is 0 Å². The van der Waals surface area contributed by atoms with Gasteiger partial charge in [-0.2, -0.15) is 0 Å². The minimum atomic E-state index is 0.732. The highest BCUT2D eigenvalue weighted by atomic mass is 35.5. The van der Waals surface area contributed by atoms with Crippen molar-refractivity contribution >= 4 is 44.7 Å². The molecular formula is C21H18ClN3S. The van der Waals surface area contributed by atoms with Crippen LogP contribution < -0.4 is 5.32 Å². The van der Waals surface area contributed by atoms with E-state index >= 15 is 0 Å². The van der Waals surface area contributed by atoms with Crippen LogP contribution in [0.3, 0.4) is 0 Å². The number of halogens is 1. The zero-order chi connectivity index (χ0) is 18.1. The van der Waals surface area contributed by atoms with Crippen LogP contribution in [0.4, 0.5) is 11.5 Å². The summed E-state index contributed by atoms with van der Waals surface area (Å²) < 4.78 is 0. The highest BCUT2D eigenvalue weighted by Crippen LogP contribution is 2.38. The molecule has 1 N–H and O–H groups in total. The molecule has 4 rings (SSSR count). The number of nitrogens with one attached hydrogen (secondary N) is 1. The molecule has 2 heterocycles. The van der Waals surface area contributed by atoms with Crippen molar-refractivity contribution in [1.82, 2.24) is 9.97 Å². The maximum Gasteiger partial charge on any atom is 0.143 e. The van der Waals surface area contributed by atoms with E-state index < -0.39 is 0 Å². The average molecular weight is 380 g/mol. The number of benzene rings is 2. The molecule has 0 radical (unpaired) electrons. The van der Waals surface area contributed by atoms with Crippen molar-refractivity contribution in [3.63, 3.8) is 0 Å². The molecule has 0 bridgehead atoms. The number of thiophene rings is 1. The molecule has 130 valence electrons. The lowest BCUT2D eigenvalue weighted by molar-refractivity contribution is 1.13. The molecule has 26 heavy (non-hydrogen) atoms. The lowest BCUT2D eigenvalue weighted by Gasteiger charge is -2.14. The smallest absolute Gasteiger partial charge is 0.143 e. The molecule has 2 aromatic heterocycles. The molecular weight excluding hydrogens is 362 g/mol. The topological polar surface area (TPSA) is 37.8 Å². The Morgan fingerprint density at radius 1 is 1.08 bits per heavy atom. The van der Waals surface area contributed by atoms with E-state index in [0.717, 1.165) is 44.3 Å². The maximum atomic E-state index is 6.05. The maximum absolute atomic E-state index is 6.05. The summed E-state index contributed by atoms with van der Waals surface area (Å²) in [6, 6.07) is 14.3. The molecule has 0 atom stereocenters. The Morgan fingerprint density at radius 2 is 1.88 bits per heavy atom. The predicted molar refractivity (Wildman–Crippen MR) is 112 cm³/mol. The van der Waals surface area contributed by atoms with Gasteiger partial charge in [0.15, 0.2) is 0 Å². The zero-order valence-electron chi connectivity index (χ0n) is 14.6. The molecule has 0 amide bonds. The highest BCUT2D eigenvalue weighted by Gasteiger charge is 2.15. The molecule has 0 spiro atoms. The van der Waals surface area contributed by atoms with Crippen LogP contribution in [0.2, 0.25) is 5.02 Å². The van der Waals surface area contributed by atoms with Crippen LogP contribution in [-0.2, 0) is 6.42 Å². The Hall–Kier alpha value is -2.43. The van der Waals surface area contributed by atoms with Crippen LogP contribution in [0.1, 0.15) is 18.1 Å². The normalized spacial score (nSPS) is 11.0. The van der Waals surface area contributed by atoms with Crippen LogP contribution >= 0.6 is 22.9 Å². The summed E-state index contributed by atoms with van der Waals surface area (Å²) in [5, 5.41) is 7.48. The van der Waals surface area contributed by atoms with E-state index in [2.05, 4.69) is 52.7 Å². The average Bonchev–Trinajstić information content (AvgIpc) is 3.09. The lowest BCUT2D eigenvalue weighted by Crippen LogP contribution is -2.01. The largest absolute Gasteiger partial charge is 0.339 e. The van der Waals surface area contributed by atoms with E-state index in [9.17, 15) is 0 Å². The van der Waals surface area contributed by atoms with Gasteiger partial charge in [-0.15, -0.1) is 11.3 Å². The Bertz CT molecular complexity index is 1070. The monoisotopic (exact) mass is 379 g/mol. The molecule has 0 saturated carbocycles. The summed E-state index contributed by atoms with van der Waals surface area (Å²) >= 11 is 7.67. The van der Waals surface area contributed by atoms with Crippen LogP contribution in [0, 0.1) is 6.92 Å². The van der Waals surface area contributed by atoms with Crippen molar-refractivity contribution in [1.29, 1.82) is 0 Å². The van der Waals surface area contributed by atoms with Gasteiger partial charge in [-0.05, 0) is 42.2 Å². The molecule has 2 aromatic carbocycles. The molecule has 0 aliphatic rings.